The van der Waals surface area contributed by atoms with E-state index >= 15 is 0 Å². The molecule has 1 saturated heterocycles. The zero-order valence-corrected chi connectivity index (χ0v) is 11.0. The monoisotopic (exact) mass is 246 g/mol. The zero-order valence-electron chi connectivity index (χ0n) is 11.0. The maximum atomic E-state index is 5.68. The van der Waals surface area contributed by atoms with Crippen LogP contribution in [0.2, 0.25) is 0 Å². The van der Waals surface area contributed by atoms with Crippen molar-refractivity contribution >= 4 is 6.08 Å². The van der Waals surface area contributed by atoms with Crippen LogP contribution in [0.3, 0.4) is 0 Å². The quantitative estimate of drug-likeness (QED) is 0.799. The van der Waals surface area contributed by atoms with Crippen molar-refractivity contribution in [2.75, 3.05) is 39.8 Å². The predicted molar refractivity (Wildman–Crippen MR) is 75.6 cm³/mol. The van der Waals surface area contributed by atoms with E-state index in [-0.39, 0.29) is 0 Å². The van der Waals surface area contributed by atoms with Gasteiger partial charge in [-0.3, -0.25) is 0 Å². The van der Waals surface area contributed by atoms with Crippen LogP contribution in [0.1, 0.15) is 5.56 Å². The number of hydrogen-bond acceptors (Lipinski definition) is 3. The Hall–Kier alpha value is -1.16. The van der Waals surface area contributed by atoms with E-state index in [1.54, 1.807) is 0 Å². The molecule has 1 atom stereocenters. The first-order chi connectivity index (χ1) is 8.84. The molecule has 1 N–H and O–H groups in total. The van der Waals surface area contributed by atoms with Crippen molar-refractivity contribution in [3.8, 4) is 0 Å². The Balaban J connectivity index is 1.62. The van der Waals surface area contributed by atoms with Crippen LogP contribution in [-0.2, 0) is 4.74 Å². The van der Waals surface area contributed by atoms with Crippen LogP contribution < -0.4 is 5.32 Å². The standard InChI is InChI=1S/C15H22N2O/c1-17-10-11-18-15(13-17)12-16-9-5-8-14-6-3-2-4-7-14/h2-8,15-16H,9-13H2,1H3/b8-5-/t15-/m1/s1. The van der Waals surface area contributed by atoms with Gasteiger partial charge >= 0.3 is 0 Å². The molecule has 2 rings (SSSR count). The predicted octanol–water partition coefficient (Wildman–Crippen LogP) is 1.62. The van der Waals surface area contributed by atoms with Crippen LogP contribution in [0.4, 0.5) is 0 Å². The van der Waals surface area contributed by atoms with E-state index in [0.717, 1.165) is 32.8 Å². The average molecular weight is 246 g/mol. The number of nitrogens with one attached hydrogen (secondary N) is 1. The van der Waals surface area contributed by atoms with E-state index in [4.69, 9.17) is 4.74 Å². The van der Waals surface area contributed by atoms with Gasteiger partial charge in [0.15, 0.2) is 0 Å². The lowest BCUT2D eigenvalue weighted by Crippen LogP contribution is -2.44. The topological polar surface area (TPSA) is 24.5 Å². The SMILES string of the molecule is CN1CCO[C@H](CNC/C=C\c2ccccc2)C1. The molecule has 0 unspecified atom stereocenters. The molecular weight excluding hydrogens is 224 g/mol. The number of hydrogen-bond donors (Lipinski definition) is 1. The van der Waals surface area contributed by atoms with Gasteiger partial charge in [-0.25, -0.2) is 0 Å². The van der Waals surface area contributed by atoms with Gasteiger partial charge in [0, 0.05) is 26.2 Å². The second kappa shape index (κ2) is 7.31. The second-order valence-corrected chi connectivity index (χ2v) is 4.73. The van der Waals surface area contributed by atoms with Gasteiger partial charge in [0.1, 0.15) is 0 Å². The maximum absolute atomic E-state index is 5.68. The van der Waals surface area contributed by atoms with Crippen molar-refractivity contribution < 1.29 is 4.74 Å². The second-order valence-electron chi connectivity index (χ2n) is 4.73. The first-order valence-electron chi connectivity index (χ1n) is 6.57. The summed E-state index contributed by atoms with van der Waals surface area (Å²) in [5, 5.41) is 3.41. The van der Waals surface area contributed by atoms with Gasteiger partial charge in [0.05, 0.1) is 12.7 Å². The molecule has 0 amide bonds. The molecule has 0 aliphatic carbocycles. The fourth-order valence-electron chi connectivity index (χ4n) is 2.08. The van der Waals surface area contributed by atoms with Crippen LogP contribution in [-0.4, -0.2) is 50.8 Å². The molecular formula is C15H22N2O. The van der Waals surface area contributed by atoms with Gasteiger partial charge in [0.25, 0.3) is 0 Å². The van der Waals surface area contributed by atoms with Gasteiger partial charge in [-0.05, 0) is 12.6 Å². The summed E-state index contributed by atoms with van der Waals surface area (Å²) in [5.41, 5.74) is 1.24. The minimum atomic E-state index is 0.328. The molecule has 1 aromatic carbocycles. The number of benzene rings is 1. The summed E-state index contributed by atoms with van der Waals surface area (Å²) in [6.07, 6.45) is 4.62. The number of ether oxygens (including phenoxy) is 1. The van der Waals surface area contributed by atoms with Gasteiger partial charge in [0.2, 0.25) is 0 Å². The summed E-state index contributed by atoms with van der Waals surface area (Å²) in [6, 6.07) is 10.4. The first-order valence-corrected chi connectivity index (χ1v) is 6.57. The smallest absolute Gasteiger partial charge is 0.0826 e. The molecule has 1 aliphatic rings. The van der Waals surface area contributed by atoms with E-state index in [1.165, 1.54) is 5.56 Å². The largest absolute Gasteiger partial charge is 0.374 e. The highest BCUT2D eigenvalue weighted by molar-refractivity contribution is 5.48. The van der Waals surface area contributed by atoms with Crippen molar-refractivity contribution in [1.29, 1.82) is 0 Å². The molecule has 3 heteroatoms. The molecule has 18 heavy (non-hydrogen) atoms. The van der Waals surface area contributed by atoms with E-state index in [9.17, 15) is 0 Å². The van der Waals surface area contributed by atoms with Gasteiger partial charge in [-0.1, -0.05) is 42.5 Å². The summed E-state index contributed by atoms with van der Waals surface area (Å²) in [5.74, 6) is 0. The Bertz CT molecular complexity index is 364. The van der Waals surface area contributed by atoms with Gasteiger partial charge < -0.3 is 15.0 Å². The minimum Gasteiger partial charge on any atom is -0.374 e. The Kier molecular flexibility index (Phi) is 5.39. The van der Waals surface area contributed by atoms with Crippen molar-refractivity contribution in [3.05, 3.63) is 42.0 Å². The van der Waals surface area contributed by atoms with Crippen LogP contribution in [0.15, 0.2) is 36.4 Å². The summed E-state index contributed by atoms with van der Waals surface area (Å²) < 4.78 is 5.68. The van der Waals surface area contributed by atoms with Crippen LogP contribution in [0.5, 0.6) is 0 Å². The third-order valence-corrected chi connectivity index (χ3v) is 3.09. The maximum Gasteiger partial charge on any atom is 0.0826 e. The Labute approximate surface area is 109 Å². The fourth-order valence-corrected chi connectivity index (χ4v) is 2.08. The highest BCUT2D eigenvalue weighted by atomic mass is 16.5. The highest BCUT2D eigenvalue weighted by Crippen LogP contribution is 2.02. The first kappa shape index (κ1) is 13.3. The molecule has 1 heterocycles. The molecule has 1 fully saturated rings. The summed E-state index contributed by atoms with van der Waals surface area (Å²) in [7, 11) is 2.14. The van der Waals surface area contributed by atoms with Crippen LogP contribution in [0, 0.1) is 0 Å². The third kappa shape index (κ3) is 4.61. The summed E-state index contributed by atoms with van der Waals surface area (Å²) in [6.45, 7) is 4.73. The van der Waals surface area contributed by atoms with E-state index < -0.39 is 0 Å². The summed E-state index contributed by atoms with van der Waals surface area (Å²) in [4.78, 5) is 2.32. The van der Waals surface area contributed by atoms with Crippen molar-refractivity contribution in [1.82, 2.24) is 10.2 Å². The Morgan fingerprint density at radius 3 is 3.00 bits per heavy atom. The lowest BCUT2D eigenvalue weighted by atomic mass is 10.2. The lowest BCUT2D eigenvalue weighted by Gasteiger charge is -2.30. The van der Waals surface area contributed by atoms with Crippen LogP contribution in [0.25, 0.3) is 6.08 Å². The molecule has 0 bridgehead atoms. The molecule has 1 aliphatic heterocycles. The molecule has 98 valence electrons. The molecule has 0 spiro atoms. The van der Waals surface area contributed by atoms with Crippen molar-refractivity contribution in [2.45, 2.75) is 6.10 Å². The normalized spacial score (nSPS) is 21.5. The number of nitrogens with zero attached hydrogens (tertiary/aromatic N) is 1. The highest BCUT2D eigenvalue weighted by Gasteiger charge is 2.16. The number of morpholine rings is 1. The lowest BCUT2D eigenvalue weighted by molar-refractivity contribution is -0.0176. The summed E-state index contributed by atoms with van der Waals surface area (Å²) >= 11 is 0. The Morgan fingerprint density at radius 1 is 1.39 bits per heavy atom. The Morgan fingerprint density at radius 2 is 2.22 bits per heavy atom. The molecule has 0 saturated carbocycles. The third-order valence-electron chi connectivity index (χ3n) is 3.09. The van der Waals surface area contributed by atoms with Crippen molar-refractivity contribution in [2.24, 2.45) is 0 Å². The molecule has 3 nitrogen and oxygen atoms in total. The van der Waals surface area contributed by atoms with Crippen LogP contribution >= 0.6 is 0 Å². The molecule has 0 aromatic heterocycles. The average Bonchev–Trinajstić information content (AvgIpc) is 2.40. The number of rotatable bonds is 5. The van der Waals surface area contributed by atoms with E-state index in [1.807, 2.05) is 6.07 Å². The fraction of sp³-hybridized carbons (Fsp3) is 0.467. The van der Waals surface area contributed by atoms with E-state index in [2.05, 4.69) is 53.7 Å². The van der Waals surface area contributed by atoms with Gasteiger partial charge in [-0.15, -0.1) is 0 Å². The minimum absolute atomic E-state index is 0.328. The molecule has 0 radical (unpaired) electrons. The number of likely N-dealkylation sites (N-methyl/N-ethyl adjacent to an activating group) is 1. The van der Waals surface area contributed by atoms with Gasteiger partial charge in [-0.2, -0.15) is 0 Å². The van der Waals surface area contributed by atoms with Crippen molar-refractivity contribution in [3.63, 3.8) is 0 Å². The molecule has 1 aromatic rings. The zero-order chi connectivity index (χ0) is 12.6. The van der Waals surface area contributed by atoms with E-state index in [0.29, 0.717) is 6.10 Å².